The van der Waals surface area contributed by atoms with Crippen molar-refractivity contribution in [3.05, 3.63) is 0 Å². The Bertz CT molecular complexity index is 251. The van der Waals surface area contributed by atoms with Gasteiger partial charge in [-0.1, -0.05) is 13.3 Å². The minimum atomic E-state index is 0.359. The number of nitrogens with two attached hydrogens (primary N) is 1. The maximum Gasteiger partial charge on any atom is 0.0615 e. The molecule has 4 atom stereocenters. The number of ether oxygens (including phenoxy) is 2. The van der Waals surface area contributed by atoms with E-state index < -0.39 is 0 Å². The second-order valence-electron chi connectivity index (χ2n) is 6.30. The zero-order chi connectivity index (χ0) is 15.0. The summed E-state index contributed by atoms with van der Waals surface area (Å²) in [7, 11) is 3.53. The summed E-state index contributed by atoms with van der Waals surface area (Å²) in [6, 6.07) is 0.780. The van der Waals surface area contributed by atoms with E-state index in [1.54, 1.807) is 14.2 Å². The van der Waals surface area contributed by atoms with Gasteiger partial charge in [0.1, 0.15) is 0 Å². The molecule has 0 radical (unpaired) electrons. The van der Waals surface area contributed by atoms with Gasteiger partial charge in [0.15, 0.2) is 0 Å². The first-order chi connectivity index (χ1) is 9.62. The van der Waals surface area contributed by atoms with E-state index >= 15 is 0 Å². The molecule has 4 nitrogen and oxygen atoms in total. The maximum absolute atomic E-state index is 6.36. The number of hydrogen-bond acceptors (Lipinski definition) is 4. The quantitative estimate of drug-likeness (QED) is 0.705. The lowest BCUT2D eigenvalue weighted by Gasteiger charge is -2.39. The fourth-order valence-electron chi connectivity index (χ4n) is 3.31. The van der Waals surface area contributed by atoms with Gasteiger partial charge in [0.25, 0.3) is 0 Å². The van der Waals surface area contributed by atoms with Gasteiger partial charge in [-0.3, -0.25) is 4.90 Å². The van der Waals surface area contributed by atoms with E-state index in [0.29, 0.717) is 18.0 Å². The van der Waals surface area contributed by atoms with Gasteiger partial charge in [0, 0.05) is 39.4 Å². The predicted molar refractivity (Wildman–Crippen MR) is 83.9 cm³/mol. The van der Waals surface area contributed by atoms with Crippen LogP contribution in [0.5, 0.6) is 0 Å². The van der Waals surface area contributed by atoms with Crippen LogP contribution in [0.2, 0.25) is 0 Å². The summed E-state index contributed by atoms with van der Waals surface area (Å²) in [4.78, 5) is 2.48. The molecule has 0 saturated heterocycles. The maximum atomic E-state index is 6.36. The lowest BCUT2D eigenvalue weighted by molar-refractivity contribution is 0.0526. The van der Waals surface area contributed by atoms with Crippen molar-refractivity contribution >= 4 is 0 Å². The average molecular weight is 286 g/mol. The van der Waals surface area contributed by atoms with E-state index in [0.717, 1.165) is 32.2 Å². The van der Waals surface area contributed by atoms with Crippen LogP contribution < -0.4 is 5.73 Å². The van der Waals surface area contributed by atoms with E-state index in [1.807, 2.05) is 0 Å². The summed E-state index contributed by atoms with van der Waals surface area (Å²) in [5.74, 6) is 1.48. The molecule has 1 fully saturated rings. The van der Waals surface area contributed by atoms with Crippen LogP contribution in [0.15, 0.2) is 0 Å². The van der Waals surface area contributed by atoms with Crippen LogP contribution in [-0.2, 0) is 9.47 Å². The van der Waals surface area contributed by atoms with Crippen LogP contribution in [0.1, 0.15) is 39.5 Å². The molecule has 0 aromatic carbocycles. The fraction of sp³-hybridized carbons (Fsp3) is 1.00. The highest BCUT2D eigenvalue weighted by atomic mass is 16.5. The molecule has 120 valence electrons. The molecular weight excluding hydrogens is 252 g/mol. The normalized spacial score (nSPS) is 28.8. The third-order valence-electron chi connectivity index (χ3n) is 4.81. The predicted octanol–water partition coefficient (Wildman–Crippen LogP) is 2.12. The molecule has 0 heterocycles. The van der Waals surface area contributed by atoms with Gasteiger partial charge in [-0.05, 0) is 38.0 Å². The van der Waals surface area contributed by atoms with Gasteiger partial charge < -0.3 is 15.2 Å². The molecule has 0 bridgehead atoms. The van der Waals surface area contributed by atoms with Crippen molar-refractivity contribution in [2.75, 3.05) is 40.5 Å². The molecule has 4 unspecified atom stereocenters. The monoisotopic (exact) mass is 286 g/mol. The smallest absolute Gasteiger partial charge is 0.0615 e. The first-order valence-electron chi connectivity index (χ1n) is 8.09. The summed E-state index contributed by atoms with van der Waals surface area (Å²) >= 11 is 0. The number of methoxy groups -OCH3 is 2. The van der Waals surface area contributed by atoms with E-state index in [9.17, 15) is 0 Å². The highest BCUT2D eigenvalue weighted by Crippen LogP contribution is 2.31. The zero-order valence-corrected chi connectivity index (χ0v) is 13.8. The van der Waals surface area contributed by atoms with Crippen molar-refractivity contribution in [2.24, 2.45) is 17.6 Å². The van der Waals surface area contributed by atoms with Crippen LogP contribution in [0.4, 0.5) is 0 Å². The molecule has 0 amide bonds. The minimum absolute atomic E-state index is 0.359. The Balaban J connectivity index is 2.56. The topological polar surface area (TPSA) is 47.7 Å². The van der Waals surface area contributed by atoms with Gasteiger partial charge in [-0.25, -0.2) is 0 Å². The van der Waals surface area contributed by atoms with Crippen LogP contribution in [0, 0.1) is 11.8 Å². The molecule has 1 saturated carbocycles. The van der Waals surface area contributed by atoms with E-state index in [1.165, 1.54) is 25.7 Å². The largest absolute Gasteiger partial charge is 0.383 e. The Morgan fingerprint density at radius 2 is 2.00 bits per heavy atom. The molecule has 1 aliphatic rings. The van der Waals surface area contributed by atoms with E-state index in [4.69, 9.17) is 15.2 Å². The molecule has 0 aromatic rings. The third-order valence-corrected chi connectivity index (χ3v) is 4.81. The summed E-state index contributed by atoms with van der Waals surface area (Å²) in [5.41, 5.74) is 6.36. The minimum Gasteiger partial charge on any atom is -0.383 e. The Labute approximate surface area is 125 Å². The molecule has 2 N–H and O–H groups in total. The second-order valence-corrected chi connectivity index (χ2v) is 6.30. The van der Waals surface area contributed by atoms with Crippen molar-refractivity contribution in [1.82, 2.24) is 4.90 Å². The van der Waals surface area contributed by atoms with Crippen molar-refractivity contribution in [3.63, 3.8) is 0 Å². The lowest BCUT2D eigenvalue weighted by Crippen LogP contribution is -2.47. The first kappa shape index (κ1) is 17.9. The highest BCUT2D eigenvalue weighted by Gasteiger charge is 2.29. The van der Waals surface area contributed by atoms with Crippen molar-refractivity contribution in [3.8, 4) is 0 Å². The fourth-order valence-corrected chi connectivity index (χ4v) is 3.31. The summed E-state index contributed by atoms with van der Waals surface area (Å²) in [5, 5.41) is 0. The first-order valence-corrected chi connectivity index (χ1v) is 8.09. The summed E-state index contributed by atoms with van der Waals surface area (Å²) in [6.45, 7) is 8.10. The van der Waals surface area contributed by atoms with Gasteiger partial charge in [0.2, 0.25) is 0 Å². The van der Waals surface area contributed by atoms with Gasteiger partial charge >= 0.3 is 0 Å². The molecule has 1 aliphatic carbocycles. The number of nitrogens with zero attached hydrogens (tertiary/aromatic N) is 1. The second kappa shape index (κ2) is 9.72. The molecule has 20 heavy (non-hydrogen) atoms. The molecular formula is C16H34N2O2. The molecule has 1 rings (SSSR count). The van der Waals surface area contributed by atoms with Gasteiger partial charge in [0.05, 0.1) is 13.2 Å². The van der Waals surface area contributed by atoms with Crippen LogP contribution in [0.3, 0.4) is 0 Å². The molecule has 0 aromatic heterocycles. The van der Waals surface area contributed by atoms with Crippen molar-refractivity contribution in [2.45, 2.75) is 51.6 Å². The SMILES string of the molecule is CCC1CCC(N)C(CN(CCOC)C(C)COC)C1. The van der Waals surface area contributed by atoms with Gasteiger partial charge in [-0.2, -0.15) is 0 Å². The number of rotatable bonds is 9. The third kappa shape index (κ3) is 5.68. The Morgan fingerprint density at radius 1 is 1.25 bits per heavy atom. The molecule has 4 heteroatoms. The Hall–Kier alpha value is -0.160. The highest BCUT2D eigenvalue weighted by molar-refractivity contribution is 4.85. The summed E-state index contributed by atoms with van der Waals surface area (Å²) in [6.07, 6.45) is 5.05. The average Bonchev–Trinajstić information content (AvgIpc) is 2.45. The zero-order valence-electron chi connectivity index (χ0n) is 13.8. The van der Waals surface area contributed by atoms with E-state index in [-0.39, 0.29) is 0 Å². The standard InChI is InChI=1S/C16H34N2O2/c1-5-14-6-7-16(17)15(10-14)11-18(8-9-19-3)13(2)12-20-4/h13-16H,5-12,17H2,1-4H3. The van der Waals surface area contributed by atoms with Crippen LogP contribution in [0.25, 0.3) is 0 Å². The molecule has 0 spiro atoms. The van der Waals surface area contributed by atoms with Crippen molar-refractivity contribution in [1.29, 1.82) is 0 Å². The van der Waals surface area contributed by atoms with Crippen LogP contribution >= 0.6 is 0 Å². The van der Waals surface area contributed by atoms with Crippen molar-refractivity contribution < 1.29 is 9.47 Å². The van der Waals surface area contributed by atoms with Crippen LogP contribution in [-0.4, -0.2) is 57.5 Å². The summed E-state index contributed by atoms with van der Waals surface area (Å²) < 4.78 is 10.6. The molecule has 0 aliphatic heterocycles. The van der Waals surface area contributed by atoms with Gasteiger partial charge in [-0.15, -0.1) is 0 Å². The number of hydrogen-bond donors (Lipinski definition) is 1. The van der Waals surface area contributed by atoms with E-state index in [2.05, 4.69) is 18.7 Å². The Kier molecular flexibility index (Phi) is 8.69. The Morgan fingerprint density at radius 3 is 2.60 bits per heavy atom. The lowest BCUT2D eigenvalue weighted by atomic mass is 9.77.